The first kappa shape index (κ1) is 31.6. The molecular formula is C32H31F3N6O3S. The molecule has 3 aromatic carbocycles. The third-order valence-electron chi connectivity index (χ3n) is 6.81. The molecule has 234 valence electrons. The van der Waals surface area contributed by atoms with Crippen molar-refractivity contribution >= 4 is 34.7 Å². The van der Waals surface area contributed by atoms with Crippen molar-refractivity contribution in [2.45, 2.75) is 33.1 Å². The van der Waals surface area contributed by atoms with Crippen molar-refractivity contribution in [2.75, 3.05) is 24.3 Å². The van der Waals surface area contributed by atoms with Crippen LogP contribution in [0.3, 0.4) is 0 Å². The number of alkyl halides is 3. The number of carbonyl (C=O) groups excluding carboxylic acids is 1. The quantitative estimate of drug-likeness (QED) is 0.212. The molecule has 4 aromatic rings. The fourth-order valence-corrected chi connectivity index (χ4v) is 5.66. The maximum absolute atomic E-state index is 12.9. The van der Waals surface area contributed by atoms with E-state index in [1.807, 2.05) is 42.5 Å². The molecule has 1 aliphatic rings. The van der Waals surface area contributed by atoms with Gasteiger partial charge < -0.3 is 19.7 Å². The number of nitrogens with one attached hydrogen (secondary N) is 1. The number of carbonyl (C=O) groups is 1. The second kappa shape index (κ2) is 13.5. The van der Waals surface area contributed by atoms with E-state index < -0.39 is 12.4 Å². The van der Waals surface area contributed by atoms with Crippen LogP contribution in [0.2, 0.25) is 0 Å². The van der Waals surface area contributed by atoms with Crippen molar-refractivity contribution in [2.24, 2.45) is 4.99 Å². The molecule has 1 N–H and O–H groups in total. The fraction of sp³-hybridized carbons (Fsp3) is 0.250. The van der Waals surface area contributed by atoms with Gasteiger partial charge in [0.1, 0.15) is 17.8 Å². The Kier molecular flexibility index (Phi) is 9.47. The Hall–Kier alpha value is -4.78. The van der Waals surface area contributed by atoms with Gasteiger partial charge in [-0.3, -0.25) is 0 Å². The standard InChI is InChI=1S/C32H31F3N6O3S/c1-20(2)27-14-13-26(43-4)18-28(27)40-15-16-45-31(40)38-30(42)37-21(3)17-22-5-7-23(8-6-22)29-36-19-41(39-29)24-9-11-25(12-10-24)44-32(33,34)35/h5-14,17-20H,15-16H2,1-4H3,(H,37,42)/b21-17+,38-31-. The molecule has 1 aromatic heterocycles. The third kappa shape index (κ3) is 8.04. The monoisotopic (exact) mass is 636 g/mol. The van der Waals surface area contributed by atoms with E-state index in [1.54, 1.807) is 14.0 Å². The lowest BCUT2D eigenvalue weighted by Crippen LogP contribution is -2.28. The number of anilines is 1. The van der Waals surface area contributed by atoms with Gasteiger partial charge >= 0.3 is 12.4 Å². The summed E-state index contributed by atoms with van der Waals surface area (Å²) < 4.78 is 48.1. The second-order valence-corrected chi connectivity index (χ2v) is 11.5. The molecule has 13 heteroatoms. The van der Waals surface area contributed by atoms with Crippen LogP contribution in [-0.4, -0.2) is 51.7 Å². The number of methoxy groups -OCH3 is 1. The molecule has 9 nitrogen and oxygen atoms in total. The largest absolute Gasteiger partial charge is 0.573 e. The number of ether oxygens (including phenoxy) is 2. The molecule has 1 fully saturated rings. The highest BCUT2D eigenvalue weighted by Crippen LogP contribution is 2.35. The van der Waals surface area contributed by atoms with E-state index in [9.17, 15) is 18.0 Å². The molecule has 45 heavy (non-hydrogen) atoms. The summed E-state index contributed by atoms with van der Waals surface area (Å²) in [6, 6.07) is 18.3. The normalized spacial score (nSPS) is 14.7. The highest BCUT2D eigenvalue weighted by atomic mass is 32.2. The number of aliphatic imine (C=N–C) groups is 1. The molecular weight excluding hydrogens is 605 g/mol. The molecule has 0 unspecified atom stereocenters. The van der Waals surface area contributed by atoms with Crippen LogP contribution in [0.25, 0.3) is 23.2 Å². The molecule has 2 amide bonds. The van der Waals surface area contributed by atoms with Gasteiger partial charge in [-0.15, -0.1) is 18.3 Å². The lowest BCUT2D eigenvalue weighted by Gasteiger charge is -2.23. The highest BCUT2D eigenvalue weighted by Gasteiger charge is 2.31. The summed E-state index contributed by atoms with van der Waals surface area (Å²) in [5.41, 5.74) is 4.88. The molecule has 1 saturated heterocycles. The van der Waals surface area contributed by atoms with E-state index in [0.29, 0.717) is 22.4 Å². The number of allylic oxidation sites excluding steroid dienone is 1. The zero-order chi connectivity index (χ0) is 32.1. The smallest absolute Gasteiger partial charge is 0.497 e. The number of nitrogens with zero attached hydrogens (tertiary/aromatic N) is 5. The Balaban J connectivity index is 1.23. The van der Waals surface area contributed by atoms with Crippen LogP contribution in [0.15, 0.2) is 83.7 Å². The van der Waals surface area contributed by atoms with Gasteiger partial charge in [0.2, 0.25) is 0 Å². The van der Waals surface area contributed by atoms with Gasteiger partial charge in [0.15, 0.2) is 11.0 Å². The molecule has 0 aliphatic carbocycles. The minimum absolute atomic E-state index is 0.289. The number of rotatable bonds is 8. The van der Waals surface area contributed by atoms with Crippen molar-refractivity contribution in [1.82, 2.24) is 20.1 Å². The summed E-state index contributed by atoms with van der Waals surface area (Å²) in [5, 5.41) is 7.91. The average molecular weight is 637 g/mol. The van der Waals surface area contributed by atoms with E-state index in [2.05, 4.69) is 49.9 Å². The average Bonchev–Trinajstić information content (AvgIpc) is 3.67. The molecule has 2 heterocycles. The van der Waals surface area contributed by atoms with Gasteiger partial charge in [-0.2, -0.15) is 4.99 Å². The van der Waals surface area contributed by atoms with Crippen molar-refractivity contribution < 1.29 is 27.4 Å². The summed E-state index contributed by atoms with van der Waals surface area (Å²) in [7, 11) is 1.63. The van der Waals surface area contributed by atoms with Gasteiger partial charge in [-0.25, -0.2) is 14.5 Å². The molecule has 0 saturated carbocycles. The summed E-state index contributed by atoms with van der Waals surface area (Å²) >= 11 is 1.54. The highest BCUT2D eigenvalue weighted by molar-refractivity contribution is 8.14. The Morgan fingerprint density at radius 2 is 1.78 bits per heavy atom. The van der Waals surface area contributed by atoms with Crippen LogP contribution >= 0.6 is 11.8 Å². The first-order chi connectivity index (χ1) is 21.5. The van der Waals surface area contributed by atoms with Crippen LogP contribution < -0.4 is 19.7 Å². The van der Waals surface area contributed by atoms with Gasteiger partial charge in [-0.05, 0) is 60.4 Å². The Morgan fingerprint density at radius 1 is 1.07 bits per heavy atom. The van der Waals surface area contributed by atoms with Crippen molar-refractivity contribution in [1.29, 1.82) is 0 Å². The summed E-state index contributed by atoms with van der Waals surface area (Å²) in [6.45, 7) is 6.79. The van der Waals surface area contributed by atoms with E-state index in [-0.39, 0.29) is 11.7 Å². The topological polar surface area (TPSA) is 93.9 Å². The number of thioether (sulfide) groups is 1. The van der Waals surface area contributed by atoms with E-state index >= 15 is 0 Å². The SMILES string of the molecule is COc1ccc(C(C)C)c(N2CCS/C2=N\C(=O)N/C(C)=C/c2ccc(-c3ncn(-c4ccc(OC(F)(F)F)cc4)n3)cc2)c1. The summed E-state index contributed by atoms with van der Waals surface area (Å²) in [4.78, 5) is 23.6. The lowest BCUT2D eigenvalue weighted by atomic mass is 10.00. The first-order valence-corrected chi connectivity index (χ1v) is 15.0. The molecule has 0 spiro atoms. The first-order valence-electron chi connectivity index (χ1n) is 14.0. The zero-order valence-electron chi connectivity index (χ0n) is 25.0. The molecule has 5 rings (SSSR count). The predicted molar refractivity (Wildman–Crippen MR) is 170 cm³/mol. The zero-order valence-corrected chi connectivity index (χ0v) is 25.8. The minimum Gasteiger partial charge on any atom is -0.497 e. The molecule has 0 bridgehead atoms. The van der Waals surface area contributed by atoms with Crippen molar-refractivity contribution in [3.05, 3.63) is 89.9 Å². The van der Waals surface area contributed by atoms with Gasteiger partial charge in [-0.1, -0.05) is 55.9 Å². The number of amides is 2. The minimum atomic E-state index is -4.76. The maximum atomic E-state index is 12.9. The van der Waals surface area contributed by atoms with Crippen LogP contribution in [0.4, 0.5) is 23.7 Å². The predicted octanol–water partition coefficient (Wildman–Crippen LogP) is 7.64. The fourth-order valence-electron chi connectivity index (χ4n) is 4.71. The second-order valence-electron chi connectivity index (χ2n) is 10.4. The van der Waals surface area contributed by atoms with Crippen molar-refractivity contribution in [3.8, 4) is 28.6 Å². The van der Waals surface area contributed by atoms with E-state index in [4.69, 9.17) is 4.74 Å². The van der Waals surface area contributed by atoms with Gasteiger partial charge in [0, 0.05) is 35.3 Å². The number of amidine groups is 1. The number of urea groups is 1. The van der Waals surface area contributed by atoms with E-state index in [1.165, 1.54) is 47.0 Å². The Bertz CT molecular complexity index is 1720. The van der Waals surface area contributed by atoms with E-state index in [0.717, 1.165) is 40.4 Å². The van der Waals surface area contributed by atoms with Crippen LogP contribution in [0.5, 0.6) is 11.5 Å². The number of aromatic nitrogens is 3. The number of benzene rings is 3. The van der Waals surface area contributed by atoms with Crippen molar-refractivity contribution in [3.63, 3.8) is 0 Å². The molecule has 0 atom stereocenters. The number of hydrogen-bond donors (Lipinski definition) is 1. The Morgan fingerprint density at radius 3 is 2.44 bits per heavy atom. The maximum Gasteiger partial charge on any atom is 0.573 e. The molecule has 1 aliphatic heterocycles. The summed E-state index contributed by atoms with van der Waals surface area (Å²) in [5.74, 6) is 1.98. The van der Waals surface area contributed by atoms with Crippen LogP contribution in [0.1, 0.15) is 37.8 Å². The molecule has 0 radical (unpaired) electrons. The number of hydrogen-bond acceptors (Lipinski definition) is 6. The van der Waals surface area contributed by atoms with Gasteiger partial charge in [0.05, 0.1) is 12.8 Å². The Labute approximate surface area is 262 Å². The summed E-state index contributed by atoms with van der Waals surface area (Å²) in [6.07, 6.45) is -1.45. The third-order valence-corrected chi connectivity index (χ3v) is 7.76. The lowest BCUT2D eigenvalue weighted by molar-refractivity contribution is -0.274. The van der Waals surface area contributed by atoms with Crippen LogP contribution in [0, 0.1) is 0 Å². The number of halogens is 3. The van der Waals surface area contributed by atoms with Crippen LogP contribution in [-0.2, 0) is 0 Å². The van der Waals surface area contributed by atoms with Gasteiger partial charge in [0.25, 0.3) is 0 Å².